The van der Waals surface area contributed by atoms with E-state index in [9.17, 15) is 4.79 Å². The van der Waals surface area contributed by atoms with Crippen molar-refractivity contribution in [1.29, 1.82) is 0 Å². The van der Waals surface area contributed by atoms with Crippen LogP contribution in [0.1, 0.15) is 13.8 Å². The molecular formula is C6H13NO. The Morgan fingerprint density at radius 2 is 2.12 bits per heavy atom. The highest BCUT2D eigenvalue weighted by Gasteiger charge is 1.98. The molecule has 0 aromatic rings. The van der Waals surface area contributed by atoms with Crippen LogP contribution in [0, 0.1) is 0 Å². The van der Waals surface area contributed by atoms with E-state index in [2.05, 4.69) is 13.8 Å². The summed E-state index contributed by atoms with van der Waals surface area (Å²) >= 11 is 0. The van der Waals surface area contributed by atoms with Crippen LogP contribution in [0.2, 0.25) is 0 Å². The fourth-order valence-electron chi connectivity index (χ4n) is 0.328. The Morgan fingerprint density at radius 3 is 2.25 bits per heavy atom. The predicted molar refractivity (Wildman–Crippen MR) is 33.8 cm³/mol. The van der Waals surface area contributed by atoms with Crippen LogP contribution < -0.4 is 0 Å². The summed E-state index contributed by atoms with van der Waals surface area (Å²) in [5, 5.41) is 0. The van der Waals surface area contributed by atoms with E-state index in [-0.39, 0.29) is 0 Å². The molecule has 0 heterocycles. The van der Waals surface area contributed by atoms with Gasteiger partial charge in [-0.3, -0.25) is 4.90 Å². The first kappa shape index (κ1) is 7.63. The molecule has 0 fully saturated rings. The first-order chi connectivity index (χ1) is 3.68. The molecule has 0 spiro atoms. The molecule has 0 unspecified atom stereocenters. The first-order valence-corrected chi connectivity index (χ1v) is 2.82. The van der Waals surface area contributed by atoms with Gasteiger partial charge in [0.1, 0.15) is 6.29 Å². The molecule has 8 heavy (non-hydrogen) atoms. The van der Waals surface area contributed by atoms with Crippen molar-refractivity contribution in [3.05, 3.63) is 0 Å². The summed E-state index contributed by atoms with van der Waals surface area (Å²) < 4.78 is 0. The van der Waals surface area contributed by atoms with E-state index < -0.39 is 0 Å². The fourth-order valence-corrected chi connectivity index (χ4v) is 0.328. The molecule has 0 aromatic carbocycles. The third-order valence-electron chi connectivity index (χ3n) is 1.24. The van der Waals surface area contributed by atoms with Gasteiger partial charge >= 0.3 is 0 Å². The standard InChI is InChI=1S/C6H13NO/c1-6(2)7(3)4-5-8/h5-6H,4H2,1-3H3. The largest absolute Gasteiger partial charge is 0.302 e. The highest BCUT2D eigenvalue weighted by Crippen LogP contribution is 1.88. The molecule has 0 aliphatic carbocycles. The lowest BCUT2D eigenvalue weighted by atomic mass is 10.3. The molecule has 0 aliphatic heterocycles. The second-order valence-corrected chi connectivity index (χ2v) is 2.20. The molecule has 0 saturated heterocycles. The molecule has 0 aliphatic rings. The summed E-state index contributed by atoms with van der Waals surface area (Å²) in [5.41, 5.74) is 0. The zero-order chi connectivity index (χ0) is 6.57. The van der Waals surface area contributed by atoms with Crippen LogP contribution >= 0.6 is 0 Å². The van der Waals surface area contributed by atoms with E-state index in [4.69, 9.17) is 0 Å². The number of carbonyl (C=O) groups excluding carboxylic acids is 1. The molecule has 0 rings (SSSR count). The summed E-state index contributed by atoms with van der Waals surface area (Å²) in [6.45, 7) is 4.66. The van der Waals surface area contributed by atoms with E-state index in [1.54, 1.807) is 0 Å². The normalized spacial score (nSPS) is 10.6. The molecule has 0 radical (unpaired) electrons. The Hall–Kier alpha value is -0.370. The average Bonchev–Trinajstić information content (AvgIpc) is 1.67. The lowest BCUT2D eigenvalue weighted by Crippen LogP contribution is -2.27. The van der Waals surface area contributed by atoms with Gasteiger partial charge in [-0.1, -0.05) is 0 Å². The Kier molecular flexibility index (Phi) is 3.44. The van der Waals surface area contributed by atoms with Crippen molar-refractivity contribution >= 4 is 6.29 Å². The monoisotopic (exact) mass is 115 g/mol. The lowest BCUT2D eigenvalue weighted by Gasteiger charge is -2.16. The van der Waals surface area contributed by atoms with Gasteiger partial charge in [-0.15, -0.1) is 0 Å². The molecule has 0 bridgehead atoms. The Morgan fingerprint density at radius 1 is 1.62 bits per heavy atom. The fraction of sp³-hybridized carbons (Fsp3) is 0.833. The second-order valence-electron chi connectivity index (χ2n) is 2.20. The van der Waals surface area contributed by atoms with Crippen LogP contribution in [0.15, 0.2) is 0 Å². The van der Waals surface area contributed by atoms with Gasteiger partial charge in [-0.05, 0) is 20.9 Å². The van der Waals surface area contributed by atoms with Crippen molar-refractivity contribution in [3.63, 3.8) is 0 Å². The molecule has 2 nitrogen and oxygen atoms in total. The molecule has 2 heteroatoms. The quantitative estimate of drug-likeness (QED) is 0.500. The van der Waals surface area contributed by atoms with Crippen molar-refractivity contribution in [2.45, 2.75) is 19.9 Å². The van der Waals surface area contributed by atoms with Gasteiger partial charge in [0.25, 0.3) is 0 Å². The van der Waals surface area contributed by atoms with E-state index in [1.807, 2.05) is 11.9 Å². The summed E-state index contributed by atoms with van der Waals surface area (Å²) in [6.07, 6.45) is 0.917. The van der Waals surface area contributed by atoms with E-state index in [0.717, 1.165) is 6.29 Å². The number of aldehydes is 1. The third kappa shape index (κ3) is 2.75. The highest BCUT2D eigenvalue weighted by molar-refractivity contribution is 5.51. The van der Waals surface area contributed by atoms with Gasteiger partial charge in [0.2, 0.25) is 0 Å². The molecule has 0 saturated carbocycles. The summed E-state index contributed by atoms with van der Waals surface area (Å²) in [7, 11) is 1.93. The smallest absolute Gasteiger partial charge is 0.133 e. The maximum atomic E-state index is 9.88. The minimum Gasteiger partial charge on any atom is -0.302 e. The van der Waals surface area contributed by atoms with Gasteiger partial charge < -0.3 is 4.79 Å². The lowest BCUT2D eigenvalue weighted by molar-refractivity contribution is -0.108. The maximum Gasteiger partial charge on any atom is 0.133 e. The van der Waals surface area contributed by atoms with Crippen molar-refractivity contribution < 1.29 is 4.79 Å². The van der Waals surface area contributed by atoms with Crippen LogP contribution in [0.4, 0.5) is 0 Å². The zero-order valence-corrected chi connectivity index (χ0v) is 5.72. The maximum absolute atomic E-state index is 9.88. The van der Waals surface area contributed by atoms with Crippen LogP contribution in [0.3, 0.4) is 0 Å². The molecule has 0 amide bonds. The molecular weight excluding hydrogens is 102 g/mol. The van der Waals surface area contributed by atoms with Crippen LogP contribution in [0.25, 0.3) is 0 Å². The van der Waals surface area contributed by atoms with Gasteiger partial charge in [0.05, 0.1) is 6.54 Å². The number of likely N-dealkylation sites (N-methyl/N-ethyl adjacent to an activating group) is 1. The first-order valence-electron chi connectivity index (χ1n) is 2.82. The summed E-state index contributed by atoms with van der Waals surface area (Å²) in [5.74, 6) is 0. The van der Waals surface area contributed by atoms with Crippen LogP contribution in [-0.4, -0.2) is 30.8 Å². The minimum atomic E-state index is 0.472. The summed E-state index contributed by atoms with van der Waals surface area (Å²) in [6, 6.07) is 0.472. The van der Waals surface area contributed by atoms with Crippen molar-refractivity contribution in [2.75, 3.05) is 13.6 Å². The van der Waals surface area contributed by atoms with Crippen molar-refractivity contribution in [3.8, 4) is 0 Å². The van der Waals surface area contributed by atoms with E-state index in [0.29, 0.717) is 12.6 Å². The van der Waals surface area contributed by atoms with Crippen LogP contribution in [0.5, 0.6) is 0 Å². The van der Waals surface area contributed by atoms with Gasteiger partial charge in [-0.25, -0.2) is 0 Å². The minimum absolute atomic E-state index is 0.472. The predicted octanol–water partition coefficient (Wildman–Crippen LogP) is 0.526. The van der Waals surface area contributed by atoms with Gasteiger partial charge in [-0.2, -0.15) is 0 Å². The van der Waals surface area contributed by atoms with Gasteiger partial charge in [0.15, 0.2) is 0 Å². The molecule has 0 atom stereocenters. The molecule has 48 valence electrons. The molecule has 0 N–H and O–H groups in total. The Labute approximate surface area is 50.5 Å². The van der Waals surface area contributed by atoms with Crippen LogP contribution in [-0.2, 0) is 4.79 Å². The zero-order valence-electron chi connectivity index (χ0n) is 5.72. The van der Waals surface area contributed by atoms with Crippen molar-refractivity contribution in [1.82, 2.24) is 4.90 Å². The second kappa shape index (κ2) is 3.61. The third-order valence-corrected chi connectivity index (χ3v) is 1.24. The van der Waals surface area contributed by atoms with E-state index >= 15 is 0 Å². The Balaban J connectivity index is 3.30. The topological polar surface area (TPSA) is 20.3 Å². The highest BCUT2D eigenvalue weighted by atomic mass is 16.1. The van der Waals surface area contributed by atoms with Gasteiger partial charge in [0, 0.05) is 6.04 Å². The SMILES string of the molecule is CC(C)N(C)CC=O. The number of hydrogen-bond acceptors (Lipinski definition) is 2. The number of rotatable bonds is 3. The number of carbonyl (C=O) groups is 1. The van der Waals surface area contributed by atoms with E-state index in [1.165, 1.54) is 0 Å². The van der Waals surface area contributed by atoms with Crippen molar-refractivity contribution in [2.24, 2.45) is 0 Å². The summed E-state index contributed by atoms with van der Waals surface area (Å²) in [4.78, 5) is 11.9. The number of nitrogens with zero attached hydrogens (tertiary/aromatic N) is 1. The number of hydrogen-bond donors (Lipinski definition) is 0. The average molecular weight is 115 g/mol. The Bertz CT molecular complexity index is 70.9. The molecule has 0 aromatic heterocycles.